The summed E-state index contributed by atoms with van der Waals surface area (Å²) in [6.45, 7) is 9.26. The quantitative estimate of drug-likeness (QED) is 0.386. The maximum Gasteiger partial charge on any atom is 4.00 e. The predicted octanol–water partition coefficient (Wildman–Crippen LogP) is -1.42. The Kier molecular flexibility index (Phi) is 11.8. The Labute approximate surface area is 167 Å². The molecule has 0 saturated heterocycles. The van der Waals surface area contributed by atoms with Gasteiger partial charge in [-0.3, -0.25) is 6.08 Å². The second-order valence-corrected chi connectivity index (χ2v) is 11.2. The van der Waals surface area contributed by atoms with Gasteiger partial charge < -0.3 is 24.8 Å². The largest absolute Gasteiger partial charge is 4.00 e. The average molecular weight is 429 g/mol. The molecule has 0 radical (unpaired) electrons. The molecule has 0 N–H and O–H groups in total. The molecule has 4 heteroatoms. The maximum atomic E-state index is 3.26. The van der Waals surface area contributed by atoms with Crippen LogP contribution in [-0.2, 0) is 26.2 Å². The summed E-state index contributed by atoms with van der Waals surface area (Å²) in [7, 11) is -0.981. The summed E-state index contributed by atoms with van der Waals surface area (Å²) < 4.78 is 0. The van der Waals surface area contributed by atoms with Crippen molar-refractivity contribution in [3.05, 3.63) is 65.7 Å². The van der Waals surface area contributed by atoms with Crippen LogP contribution in [0, 0.1) is 6.08 Å². The van der Waals surface area contributed by atoms with Crippen LogP contribution in [-0.4, -0.2) is 8.07 Å². The fourth-order valence-corrected chi connectivity index (χ4v) is 3.41. The Hall–Kier alpha value is -0.01000. The first-order valence-electron chi connectivity index (χ1n) is 6.89. The van der Waals surface area contributed by atoms with E-state index in [0.717, 1.165) is 0 Å². The van der Waals surface area contributed by atoms with Crippen LogP contribution in [0.25, 0.3) is 6.08 Å². The molecule has 3 rings (SSSR count). The van der Waals surface area contributed by atoms with Crippen molar-refractivity contribution in [3.8, 4) is 0 Å². The molecule has 116 valence electrons. The van der Waals surface area contributed by atoms with Gasteiger partial charge in [0.25, 0.3) is 0 Å². The summed E-state index contributed by atoms with van der Waals surface area (Å²) in [5.74, 6) is 0.496. The van der Waals surface area contributed by atoms with Gasteiger partial charge in [-0.1, -0.05) is 50.7 Å². The Balaban J connectivity index is 0. The third-order valence-electron chi connectivity index (χ3n) is 3.48. The summed E-state index contributed by atoms with van der Waals surface area (Å²) in [4.78, 5) is 0. The van der Waals surface area contributed by atoms with Crippen molar-refractivity contribution in [3.63, 3.8) is 0 Å². The summed E-state index contributed by atoms with van der Waals surface area (Å²) in [5.41, 5.74) is 2.73. The van der Waals surface area contributed by atoms with E-state index in [1.54, 1.807) is 5.19 Å². The van der Waals surface area contributed by atoms with Crippen LogP contribution in [0.1, 0.15) is 24.0 Å². The fourth-order valence-electron chi connectivity index (χ4n) is 2.22. The second kappa shape index (κ2) is 10.7. The zero-order valence-electron chi connectivity index (χ0n) is 13.5. The molecular formula is C18H22Cl2SiZr. The van der Waals surface area contributed by atoms with E-state index in [1.807, 2.05) is 0 Å². The van der Waals surface area contributed by atoms with Crippen molar-refractivity contribution >= 4 is 19.3 Å². The van der Waals surface area contributed by atoms with Gasteiger partial charge in [0, 0.05) is 8.07 Å². The van der Waals surface area contributed by atoms with Crippen molar-refractivity contribution in [2.75, 3.05) is 0 Å². The molecule has 0 bridgehead atoms. The topological polar surface area (TPSA) is 0 Å². The summed E-state index contributed by atoms with van der Waals surface area (Å²) >= 11 is 0. The molecule has 22 heavy (non-hydrogen) atoms. The fraction of sp³-hybridized carbons (Fsp3) is 0.278. The van der Waals surface area contributed by atoms with E-state index < -0.39 is 8.07 Å². The van der Waals surface area contributed by atoms with E-state index >= 15 is 0 Å². The Morgan fingerprint density at radius 2 is 1.50 bits per heavy atom. The van der Waals surface area contributed by atoms with E-state index in [4.69, 9.17) is 0 Å². The third kappa shape index (κ3) is 6.62. The van der Waals surface area contributed by atoms with Gasteiger partial charge in [-0.25, -0.2) is 18.2 Å². The molecule has 1 unspecified atom stereocenters. The van der Waals surface area contributed by atoms with E-state index in [0.29, 0.717) is 5.92 Å². The van der Waals surface area contributed by atoms with E-state index in [2.05, 4.69) is 87.2 Å². The summed E-state index contributed by atoms with van der Waals surface area (Å²) in [5, 5.41) is 1.56. The normalized spacial score (nSPS) is 14.5. The number of benzene rings is 1. The average Bonchev–Trinajstić information content (AvgIpc) is 3.00. The zero-order valence-corrected chi connectivity index (χ0v) is 18.5. The predicted molar refractivity (Wildman–Crippen MR) is 87.6 cm³/mol. The molecule has 1 atom stereocenters. The SMILES string of the molecule is CC1[C-]=Cc2ccccc21.C[Si](C)(C)[c-]1cccc1.[Cl-].[Cl-].[Zr+4]. The van der Waals surface area contributed by atoms with Gasteiger partial charge >= 0.3 is 26.2 Å². The van der Waals surface area contributed by atoms with Gasteiger partial charge in [0.05, 0.1) is 0 Å². The molecule has 2 aromatic carbocycles. The Morgan fingerprint density at radius 3 is 1.95 bits per heavy atom. The standard InChI is InChI=1S/C10H9.C8H13Si.2ClH.Zr/c1-8-6-7-9-4-2-3-5-10(8)9;1-9(2,3)8-6-4-5-7-8;;;/h2-5,7-8H,1H3;4-7H,1-3H3;2*1H;/q2*-1;;;+4/p-2. The molecule has 0 saturated carbocycles. The van der Waals surface area contributed by atoms with Gasteiger partial charge in [0.15, 0.2) is 0 Å². The molecule has 2 aromatic rings. The van der Waals surface area contributed by atoms with Crippen molar-refractivity contribution in [2.45, 2.75) is 32.5 Å². The Morgan fingerprint density at radius 1 is 0.955 bits per heavy atom. The van der Waals surface area contributed by atoms with Crippen LogP contribution in [0.2, 0.25) is 19.6 Å². The van der Waals surface area contributed by atoms with Crippen LogP contribution in [0.4, 0.5) is 0 Å². The molecule has 0 amide bonds. The number of rotatable bonds is 1. The van der Waals surface area contributed by atoms with Crippen LogP contribution in [0.15, 0.2) is 48.5 Å². The minimum atomic E-state index is -0.981. The monoisotopic (exact) mass is 426 g/mol. The minimum Gasteiger partial charge on any atom is -1.00 e. The second-order valence-electron chi connectivity index (χ2n) is 6.09. The van der Waals surface area contributed by atoms with Crippen molar-refractivity contribution < 1.29 is 51.0 Å². The first-order chi connectivity index (χ1) is 8.98. The molecule has 0 aliphatic heterocycles. The molecule has 0 fully saturated rings. The molecule has 0 nitrogen and oxygen atoms in total. The van der Waals surface area contributed by atoms with Crippen LogP contribution < -0.4 is 30.0 Å². The summed E-state index contributed by atoms with van der Waals surface area (Å²) in [6.07, 6.45) is 5.33. The van der Waals surface area contributed by atoms with Crippen molar-refractivity contribution in [1.29, 1.82) is 0 Å². The molecule has 0 aromatic heterocycles. The number of halogens is 2. The molecule has 0 spiro atoms. The van der Waals surface area contributed by atoms with Crippen LogP contribution in [0.5, 0.6) is 0 Å². The molecule has 1 aliphatic rings. The van der Waals surface area contributed by atoms with Crippen molar-refractivity contribution in [1.82, 2.24) is 0 Å². The summed E-state index contributed by atoms with van der Waals surface area (Å²) in [6, 6.07) is 17.1. The molecule has 1 aliphatic carbocycles. The Bertz CT molecular complexity index is 557. The maximum absolute atomic E-state index is 3.26. The van der Waals surface area contributed by atoms with Gasteiger partial charge in [-0.2, -0.15) is 22.9 Å². The van der Waals surface area contributed by atoms with E-state index in [9.17, 15) is 0 Å². The van der Waals surface area contributed by atoms with Gasteiger partial charge in [0.2, 0.25) is 0 Å². The van der Waals surface area contributed by atoms with Gasteiger partial charge in [-0.15, -0.1) is 11.6 Å². The smallest absolute Gasteiger partial charge is 1.00 e. The number of hydrogen-bond acceptors (Lipinski definition) is 0. The van der Waals surface area contributed by atoms with Gasteiger partial charge in [0.1, 0.15) is 0 Å². The van der Waals surface area contributed by atoms with Crippen LogP contribution in [0.3, 0.4) is 0 Å². The third-order valence-corrected chi connectivity index (χ3v) is 5.55. The molecule has 0 heterocycles. The zero-order chi connectivity index (χ0) is 13.9. The number of fused-ring (bicyclic) bond motifs is 1. The number of hydrogen-bond donors (Lipinski definition) is 0. The number of allylic oxidation sites excluding steroid dienone is 1. The first-order valence-corrected chi connectivity index (χ1v) is 10.4. The van der Waals surface area contributed by atoms with Crippen LogP contribution >= 0.6 is 0 Å². The molecular weight excluding hydrogens is 406 g/mol. The van der Waals surface area contributed by atoms with Crippen molar-refractivity contribution in [2.24, 2.45) is 0 Å². The minimum absolute atomic E-state index is 0. The van der Waals surface area contributed by atoms with Gasteiger partial charge in [-0.05, 0) is 0 Å². The van der Waals surface area contributed by atoms with E-state index in [1.165, 1.54) is 11.1 Å². The van der Waals surface area contributed by atoms with E-state index in [-0.39, 0.29) is 51.0 Å². The first kappa shape index (κ1) is 24.2.